The van der Waals surface area contributed by atoms with Crippen molar-refractivity contribution in [1.29, 1.82) is 0 Å². The van der Waals surface area contributed by atoms with Crippen LogP contribution in [0.5, 0.6) is 0 Å². The highest BCUT2D eigenvalue weighted by Gasteiger charge is 2.22. The van der Waals surface area contributed by atoms with E-state index in [1.54, 1.807) is 16.3 Å². The van der Waals surface area contributed by atoms with Crippen molar-refractivity contribution >= 4 is 57.6 Å². The van der Waals surface area contributed by atoms with Crippen molar-refractivity contribution < 1.29 is 4.79 Å². The maximum atomic E-state index is 13.3. The lowest BCUT2D eigenvalue weighted by Gasteiger charge is -2.22. The predicted octanol–water partition coefficient (Wildman–Crippen LogP) is 6.11. The fourth-order valence-electron chi connectivity index (χ4n) is 4.65. The number of aryl methyl sites for hydroxylation is 1. The number of aliphatic imine (C=N–C) groups is 1. The van der Waals surface area contributed by atoms with E-state index in [1.165, 1.54) is 0 Å². The molecule has 0 aliphatic carbocycles. The average molecular weight is 537 g/mol. The lowest BCUT2D eigenvalue weighted by atomic mass is 9.98. The number of benzene rings is 2. The zero-order valence-electron chi connectivity index (χ0n) is 21.6. The summed E-state index contributed by atoms with van der Waals surface area (Å²) in [5.41, 5.74) is 9.99. The summed E-state index contributed by atoms with van der Waals surface area (Å²) in [5, 5.41) is 2.06. The molecule has 0 saturated carbocycles. The number of nitrogens with two attached hydrogens (primary N) is 1. The van der Waals surface area contributed by atoms with Crippen LogP contribution in [-0.4, -0.2) is 46.3 Å². The van der Waals surface area contributed by atoms with Crippen LogP contribution in [0.2, 0.25) is 5.02 Å². The van der Waals surface area contributed by atoms with Crippen LogP contribution in [0.25, 0.3) is 28.0 Å². The zero-order valence-corrected chi connectivity index (χ0v) is 23.2. The van der Waals surface area contributed by atoms with E-state index < -0.39 is 0 Å². The number of thioether (sulfide) groups is 1. The molecule has 2 N–H and O–H groups in total. The van der Waals surface area contributed by atoms with Gasteiger partial charge in [0, 0.05) is 54.5 Å². The van der Waals surface area contributed by atoms with Gasteiger partial charge in [0.15, 0.2) is 0 Å². The Bertz CT molecular complexity index is 1440. The van der Waals surface area contributed by atoms with Gasteiger partial charge in [0.05, 0.1) is 10.7 Å². The fourth-order valence-corrected chi connectivity index (χ4v) is 5.30. The minimum absolute atomic E-state index is 0.0120. The van der Waals surface area contributed by atoms with Crippen LogP contribution in [-0.2, 0) is 11.3 Å². The lowest BCUT2D eigenvalue weighted by molar-refractivity contribution is -0.127. The quantitative estimate of drug-likeness (QED) is 0.358. The normalized spacial score (nSPS) is 13.1. The molecule has 1 aromatic heterocycles. The van der Waals surface area contributed by atoms with Gasteiger partial charge < -0.3 is 15.2 Å². The highest BCUT2D eigenvalue weighted by Crippen LogP contribution is 2.37. The van der Waals surface area contributed by atoms with Gasteiger partial charge in [-0.25, -0.2) is 4.99 Å². The first-order valence-electron chi connectivity index (χ1n) is 12.6. The molecule has 0 spiro atoms. The molecule has 0 saturated heterocycles. The van der Waals surface area contributed by atoms with Crippen molar-refractivity contribution in [2.45, 2.75) is 39.7 Å². The number of carbonyl (C=O) groups excluding carboxylic acids is 1. The van der Waals surface area contributed by atoms with Crippen molar-refractivity contribution in [2.24, 2.45) is 10.7 Å². The van der Waals surface area contributed by atoms with Gasteiger partial charge in [-0.15, -0.1) is 0 Å². The average Bonchev–Trinajstić information content (AvgIpc) is 3.06. The van der Waals surface area contributed by atoms with Crippen LogP contribution in [0.3, 0.4) is 0 Å². The summed E-state index contributed by atoms with van der Waals surface area (Å²) in [6.45, 7) is 6.21. The summed E-state index contributed by atoms with van der Waals surface area (Å²) in [6, 6.07) is 11.6. The molecular formula is C29H33ClN4O2S. The van der Waals surface area contributed by atoms with Crippen LogP contribution < -0.4 is 11.3 Å². The number of carbonyl (C=O) groups is 1. The van der Waals surface area contributed by atoms with Gasteiger partial charge in [-0.3, -0.25) is 9.59 Å². The largest absolute Gasteiger partial charge is 0.387 e. The van der Waals surface area contributed by atoms with E-state index in [4.69, 9.17) is 17.3 Å². The van der Waals surface area contributed by atoms with Crippen LogP contribution in [0.1, 0.15) is 38.7 Å². The Balaban J connectivity index is 1.73. The number of rotatable bonds is 9. The van der Waals surface area contributed by atoms with Gasteiger partial charge in [0.2, 0.25) is 5.91 Å². The predicted molar refractivity (Wildman–Crippen MR) is 158 cm³/mol. The Morgan fingerprint density at radius 2 is 1.89 bits per heavy atom. The molecule has 37 heavy (non-hydrogen) atoms. The Morgan fingerprint density at radius 3 is 2.59 bits per heavy atom. The molecule has 2 aromatic carbocycles. The molecule has 0 radical (unpaired) electrons. The molecule has 194 valence electrons. The molecule has 6 nitrogen and oxygen atoms in total. The van der Waals surface area contributed by atoms with Gasteiger partial charge in [0.1, 0.15) is 5.84 Å². The van der Waals surface area contributed by atoms with Gasteiger partial charge in [-0.1, -0.05) is 31.5 Å². The highest BCUT2D eigenvalue weighted by atomic mass is 35.5. The van der Waals surface area contributed by atoms with Gasteiger partial charge >= 0.3 is 0 Å². The molecule has 1 aliphatic heterocycles. The van der Waals surface area contributed by atoms with E-state index >= 15 is 0 Å². The van der Waals surface area contributed by atoms with E-state index in [-0.39, 0.29) is 17.9 Å². The molecule has 2 heterocycles. The Kier molecular flexibility index (Phi) is 8.77. The molecule has 0 atom stereocenters. The summed E-state index contributed by atoms with van der Waals surface area (Å²) in [7, 11) is 0. The number of amidine groups is 1. The number of hydrogen-bond donors (Lipinski definition) is 1. The minimum atomic E-state index is -0.0208. The molecule has 0 fully saturated rings. The van der Waals surface area contributed by atoms with E-state index in [1.807, 2.05) is 59.8 Å². The first-order chi connectivity index (χ1) is 17.9. The van der Waals surface area contributed by atoms with Crippen LogP contribution >= 0.6 is 23.4 Å². The van der Waals surface area contributed by atoms with Gasteiger partial charge in [-0.2, -0.15) is 11.8 Å². The number of amides is 1. The van der Waals surface area contributed by atoms with E-state index in [9.17, 15) is 9.59 Å². The van der Waals surface area contributed by atoms with Crippen LogP contribution in [0.15, 0.2) is 58.0 Å². The third kappa shape index (κ3) is 5.94. The van der Waals surface area contributed by atoms with Crippen LogP contribution in [0.4, 0.5) is 5.69 Å². The maximum absolute atomic E-state index is 13.3. The molecular weight excluding hydrogens is 504 g/mol. The van der Waals surface area contributed by atoms with Gasteiger partial charge in [0.25, 0.3) is 5.56 Å². The van der Waals surface area contributed by atoms with Crippen molar-refractivity contribution in [1.82, 2.24) is 9.47 Å². The zero-order chi connectivity index (χ0) is 26.5. The van der Waals surface area contributed by atoms with Crippen molar-refractivity contribution in [3.8, 4) is 11.1 Å². The second kappa shape index (κ2) is 12.0. The first-order valence-corrected chi connectivity index (χ1v) is 14.4. The monoisotopic (exact) mass is 536 g/mol. The lowest BCUT2D eigenvalue weighted by Crippen LogP contribution is -2.34. The number of halogens is 1. The summed E-state index contributed by atoms with van der Waals surface area (Å²) >= 11 is 8.48. The number of fused-ring (bicyclic) bond motifs is 2. The summed E-state index contributed by atoms with van der Waals surface area (Å²) in [6.07, 6.45) is 7.78. The van der Waals surface area contributed by atoms with Gasteiger partial charge in [-0.05, 0) is 72.0 Å². The third-order valence-corrected chi connectivity index (χ3v) is 7.36. The van der Waals surface area contributed by atoms with E-state index in [2.05, 4.69) is 18.8 Å². The summed E-state index contributed by atoms with van der Waals surface area (Å²) in [4.78, 5) is 32.7. The SMILES string of the molecule is CCCN(CCC)C(=O)C1=Cc2c(Cl)cc(-c3ccc4c(=O)n(CCSC)ccc4c3)cc2N=C(N)C1. The molecule has 8 heteroatoms. The maximum Gasteiger partial charge on any atom is 0.258 e. The molecule has 0 unspecified atom stereocenters. The number of aromatic nitrogens is 1. The number of pyridine rings is 1. The smallest absolute Gasteiger partial charge is 0.258 e. The topological polar surface area (TPSA) is 80.7 Å². The second-order valence-electron chi connectivity index (χ2n) is 9.24. The molecule has 3 aromatic rings. The standard InChI is InChI=1S/C29H33ClN4O2S/c1-4-9-33(10-5-2)28(35)22-15-24-25(30)16-21(17-26(24)32-27(31)18-22)19-6-7-23-20(14-19)8-11-34(29(23)36)12-13-37-3/h6-8,11,14-17H,4-5,9-10,12-13,18H2,1-3H3,(H2,31,32). The number of hydrogen-bond acceptors (Lipinski definition) is 5. The highest BCUT2D eigenvalue weighted by molar-refractivity contribution is 7.98. The molecule has 4 rings (SSSR count). The Labute approximate surface area is 227 Å². The summed E-state index contributed by atoms with van der Waals surface area (Å²) in [5.74, 6) is 1.24. The van der Waals surface area contributed by atoms with Crippen molar-refractivity contribution in [2.75, 3.05) is 25.1 Å². The minimum Gasteiger partial charge on any atom is -0.387 e. The van der Waals surface area contributed by atoms with Crippen molar-refractivity contribution in [3.05, 3.63) is 69.1 Å². The van der Waals surface area contributed by atoms with Crippen molar-refractivity contribution in [3.63, 3.8) is 0 Å². The number of nitrogens with zero attached hydrogens (tertiary/aromatic N) is 3. The molecule has 0 bridgehead atoms. The molecule has 1 aliphatic rings. The molecule has 1 amide bonds. The van der Waals surface area contributed by atoms with E-state index in [0.29, 0.717) is 52.7 Å². The van der Waals surface area contributed by atoms with E-state index in [0.717, 1.165) is 35.1 Å². The summed E-state index contributed by atoms with van der Waals surface area (Å²) < 4.78 is 1.75. The fraction of sp³-hybridized carbons (Fsp3) is 0.345. The van der Waals surface area contributed by atoms with Crippen LogP contribution in [0, 0.1) is 0 Å². The third-order valence-electron chi connectivity index (χ3n) is 6.46. The Hall–Kier alpha value is -3.03. The Morgan fingerprint density at radius 1 is 1.14 bits per heavy atom. The first kappa shape index (κ1) is 27.0. The second-order valence-corrected chi connectivity index (χ2v) is 10.6.